The minimum atomic E-state index is 0.0535. The average molecular weight is 480 g/mol. The van der Waals surface area contributed by atoms with E-state index in [4.69, 9.17) is 32.5 Å². The third kappa shape index (κ3) is 4.52. The first-order chi connectivity index (χ1) is 15.6. The Kier molecular flexibility index (Phi) is 6.66. The fourth-order valence-electron chi connectivity index (χ4n) is 5.30. The molecule has 3 aliphatic heterocycles. The number of carbonyl (C=O) groups excluding carboxylic acids is 1. The van der Waals surface area contributed by atoms with E-state index >= 15 is 0 Å². The molecule has 0 spiro atoms. The molecule has 4 heterocycles. The number of fused-ring (bicyclic) bond motifs is 1. The summed E-state index contributed by atoms with van der Waals surface area (Å²) in [4.78, 5) is 24.6. The Labute approximate surface area is 197 Å². The van der Waals surface area contributed by atoms with Crippen molar-refractivity contribution in [2.45, 2.75) is 43.9 Å². The van der Waals surface area contributed by atoms with Crippen molar-refractivity contribution in [1.29, 1.82) is 0 Å². The predicted octanol–water partition coefficient (Wildman–Crippen LogP) is 2.50. The van der Waals surface area contributed by atoms with Crippen molar-refractivity contribution < 1.29 is 14.1 Å². The van der Waals surface area contributed by atoms with Gasteiger partial charge in [0.05, 0.1) is 54.4 Å². The first-order valence-corrected chi connectivity index (χ1v) is 11.9. The summed E-state index contributed by atoms with van der Waals surface area (Å²) < 4.78 is 11.0. The Hall–Kier alpha value is -1.71. The molecule has 3 atom stereocenters. The normalized spacial score (nSPS) is 26.9. The van der Waals surface area contributed by atoms with Crippen LogP contribution in [0.1, 0.15) is 24.2 Å². The lowest BCUT2D eigenvalue weighted by atomic mass is 9.91. The van der Waals surface area contributed by atoms with Gasteiger partial charge in [0.2, 0.25) is 12.3 Å². The van der Waals surface area contributed by atoms with Gasteiger partial charge in [0.25, 0.3) is 0 Å². The molecule has 1 aromatic carbocycles. The summed E-state index contributed by atoms with van der Waals surface area (Å²) in [6, 6.07) is 5.73. The van der Waals surface area contributed by atoms with E-state index in [0.29, 0.717) is 48.6 Å². The van der Waals surface area contributed by atoms with E-state index in [1.165, 1.54) is 19.2 Å². The van der Waals surface area contributed by atoms with E-state index in [-0.39, 0.29) is 24.0 Å². The van der Waals surface area contributed by atoms with Crippen molar-refractivity contribution in [1.82, 2.24) is 24.8 Å². The molecular formula is C22H27Cl2N5O3. The topological polar surface area (TPSA) is 74.9 Å². The first-order valence-electron chi connectivity index (χ1n) is 11.1. The van der Waals surface area contributed by atoms with Crippen LogP contribution in [0.4, 0.5) is 0 Å². The van der Waals surface area contributed by atoms with Crippen molar-refractivity contribution in [3.63, 3.8) is 0 Å². The minimum absolute atomic E-state index is 0.0535. The number of amides is 1. The van der Waals surface area contributed by atoms with Crippen LogP contribution >= 0.6 is 23.2 Å². The molecule has 1 aromatic heterocycles. The lowest BCUT2D eigenvalue weighted by Crippen LogP contribution is -2.71. The molecule has 0 saturated carbocycles. The van der Waals surface area contributed by atoms with Crippen molar-refractivity contribution in [2.24, 2.45) is 0 Å². The van der Waals surface area contributed by atoms with Crippen LogP contribution in [0.3, 0.4) is 0 Å². The Bertz CT molecular complexity index is 938. The second kappa shape index (κ2) is 9.65. The standard InChI is InChI=1S/C22H27Cl2N5O3/c23-16-4-3-15(9-17(16)24)10-21(30)29-8-7-28(11-20-25-14-32-26-20)19-13-31-12-18(22(19)29)27-5-1-2-6-27/h3-4,9,14,18-19,22H,1-2,5-8,10-13H2/t18?,19-,22-/m1/s1. The number of halogens is 2. The second-order valence-electron chi connectivity index (χ2n) is 8.74. The van der Waals surface area contributed by atoms with Crippen molar-refractivity contribution in [2.75, 3.05) is 39.4 Å². The lowest BCUT2D eigenvalue weighted by Gasteiger charge is -2.54. The summed E-state index contributed by atoms with van der Waals surface area (Å²) in [6.07, 6.45) is 4.04. The van der Waals surface area contributed by atoms with Gasteiger partial charge in [0.1, 0.15) is 0 Å². The number of hydrogen-bond donors (Lipinski definition) is 0. The van der Waals surface area contributed by atoms with Crippen molar-refractivity contribution >= 4 is 29.1 Å². The molecule has 10 heteroatoms. The Balaban J connectivity index is 1.39. The Morgan fingerprint density at radius 3 is 2.62 bits per heavy atom. The van der Waals surface area contributed by atoms with E-state index in [2.05, 4.69) is 24.8 Å². The zero-order valence-electron chi connectivity index (χ0n) is 17.8. The molecular weight excluding hydrogens is 453 g/mol. The summed E-state index contributed by atoms with van der Waals surface area (Å²) in [5.74, 6) is 0.770. The highest BCUT2D eigenvalue weighted by Crippen LogP contribution is 2.31. The highest BCUT2D eigenvalue weighted by atomic mass is 35.5. The number of ether oxygens (including phenoxy) is 1. The highest BCUT2D eigenvalue weighted by Gasteiger charge is 2.48. The quantitative estimate of drug-likeness (QED) is 0.651. The number of hydrogen-bond acceptors (Lipinski definition) is 7. The maximum absolute atomic E-state index is 13.5. The summed E-state index contributed by atoms with van der Waals surface area (Å²) >= 11 is 12.2. The predicted molar refractivity (Wildman–Crippen MR) is 120 cm³/mol. The van der Waals surface area contributed by atoms with Gasteiger partial charge in [-0.05, 0) is 43.6 Å². The molecule has 1 unspecified atom stereocenters. The Morgan fingerprint density at radius 1 is 1.06 bits per heavy atom. The number of aromatic nitrogens is 2. The van der Waals surface area contributed by atoms with Gasteiger partial charge in [-0.2, -0.15) is 4.98 Å². The molecule has 3 aliphatic rings. The van der Waals surface area contributed by atoms with Gasteiger partial charge in [0, 0.05) is 13.1 Å². The van der Waals surface area contributed by atoms with Crippen LogP contribution in [0.15, 0.2) is 29.1 Å². The SMILES string of the molecule is O=C(Cc1ccc(Cl)c(Cl)c1)N1CCN(Cc2ncon2)[C@@H]2COCC(N3CCCC3)[C@H]21. The summed E-state index contributed by atoms with van der Waals surface area (Å²) in [5, 5.41) is 4.96. The number of carbonyl (C=O) groups is 1. The summed E-state index contributed by atoms with van der Waals surface area (Å²) in [6.45, 7) is 5.32. The van der Waals surface area contributed by atoms with Gasteiger partial charge in [-0.15, -0.1) is 0 Å². The average Bonchev–Trinajstić information content (AvgIpc) is 3.50. The van der Waals surface area contributed by atoms with E-state index in [1.807, 2.05) is 6.07 Å². The number of nitrogens with zero attached hydrogens (tertiary/aromatic N) is 5. The van der Waals surface area contributed by atoms with Gasteiger partial charge in [-0.25, -0.2) is 0 Å². The number of benzene rings is 1. The molecule has 5 rings (SSSR count). The maximum atomic E-state index is 13.5. The summed E-state index contributed by atoms with van der Waals surface area (Å²) in [7, 11) is 0. The van der Waals surface area contributed by atoms with Crippen molar-refractivity contribution in [3.8, 4) is 0 Å². The molecule has 2 aromatic rings. The zero-order chi connectivity index (χ0) is 22.1. The van der Waals surface area contributed by atoms with E-state index < -0.39 is 0 Å². The number of rotatable bonds is 5. The van der Waals surface area contributed by atoms with Gasteiger partial charge < -0.3 is 14.2 Å². The molecule has 0 aliphatic carbocycles. The third-order valence-electron chi connectivity index (χ3n) is 6.84. The first kappa shape index (κ1) is 22.1. The highest BCUT2D eigenvalue weighted by molar-refractivity contribution is 6.42. The number of piperazine rings is 1. The molecule has 0 N–H and O–H groups in total. The van der Waals surface area contributed by atoms with Crippen LogP contribution in [0, 0.1) is 0 Å². The van der Waals surface area contributed by atoms with Crippen LogP contribution in [0.5, 0.6) is 0 Å². The van der Waals surface area contributed by atoms with E-state index in [1.54, 1.807) is 12.1 Å². The number of likely N-dealkylation sites (tertiary alicyclic amines) is 1. The van der Waals surface area contributed by atoms with E-state index in [9.17, 15) is 4.79 Å². The smallest absolute Gasteiger partial charge is 0.227 e. The van der Waals surface area contributed by atoms with Crippen LogP contribution < -0.4 is 0 Å². The lowest BCUT2D eigenvalue weighted by molar-refractivity contribution is -0.153. The van der Waals surface area contributed by atoms with Crippen molar-refractivity contribution in [3.05, 3.63) is 46.0 Å². The zero-order valence-corrected chi connectivity index (χ0v) is 19.3. The fraction of sp³-hybridized carbons (Fsp3) is 0.591. The molecule has 32 heavy (non-hydrogen) atoms. The van der Waals surface area contributed by atoms with Gasteiger partial charge in [0.15, 0.2) is 5.82 Å². The largest absolute Gasteiger partial charge is 0.378 e. The van der Waals surface area contributed by atoms with Gasteiger partial charge in [-0.3, -0.25) is 14.6 Å². The Morgan fingerprint density at radius 2 is 1.88 bits per heavy atom. The molecule has 0 bridgehead atoms. The molecule has 172 valence electrons. The van der Waals surface area contributed by atoms with E-state index in [0.717, 1.165) is 25.2 Å². The van der Waals surface area contributed by atoms with Gasteiger partial charge in [-0.1, -0.05) is 34.4 Å². The monoisotopic (exact) mass is 479 g/mol. The molecule has 0 radical (unpaired) electrons. The van der Waals surface area contributed by atoms with Gasteiger partial charge >= 0.3 is 0 Å². The van der Waals surface area contributed by atoms with Crippen LogP contribution in [-0.4, -0.2) is 88.3 Å². The van der Waals surface area contributed by atoms with Crippen LogP contribution in [0.25, 0.3) is 0 Å². The maximum Gasteiger partial charge on any atom is 0.227 e. The second-order valence-corrected chi connectivity index (χ2v) is 9.55. The third-order valence-corrected chi connectivity index (χ3v) is 7.58. The summed E-state index contributed by atoms with van der Waals surface area (Å²) in [5.41, 5.74) is 0.875. The van der Waals surface area contributed by atoms with Crippen LogP contribution in [0.2, 0.25) is 10.0 Å². The minimum Gasteiger partial charge on any atom is -0.378 e. The molecule has 1 amide bonds. The molecule has 8 nitrogen and oxygen atoms in total. The fourth-order valence-corrected chi connectivity index (χ4v) is 5.62. The van der Waals surface area contributed by atoms with Crippen LogP contribution in [-0.2, 0) is 22.5 Å². The molecule has 3 fully saturated rings. The molecule has 3 saturated heterocycles.